The number of para-hydroxylation sites is 1. The second-order valence-corrected chi connectivity index (χ2v) is 10.0. The maximum atomic E-state index is 12.5. The second kappa shape index (κ2) is 7.77. The van der Waals surface area contributed by atoms with Gasteiger partial charge in [-0.2, -0.15) is 5.10 Å². The highest BCUT2D eigenvalue weighted by Crippen LogP contribution is 2.31. The van der Waals surface area contributed by atoms with Crippen molar-refractivity contribution in [1.82, 2.24) is 24.5 Å². The first-order valence-electron chi connectivity index (χ1n) is 10.6. The van der Waals surface area contributed by atoms with E-state index in [1.54, 1.807) is 15.6 Å². The third kappa shape index (κ3) is 4.02. The maximum absolute atomic E-state index is 12.5. The van der Waals surface area contributed by atoms with E-state index in [1.165, 1.54) is 11.3 Å². The molecule has 1 amide bonds. The molecule has 3 aromatic heterocycles. The summed E-state index contributed by atoms with van der Waals surface area (Å²) in [5.74, 6) is 1.03. The zero-order valence-electron chi connectivity index (χ0n) is 18.5. The van der Waals surface area contributed by atoms with Crippen LogP contribution in [0.2, 0.25) is 0 Å². The van der Waals surface area contributed by atoms with Gasteiger partial charge in [-0.1, -0.05) is 17.4 Å². The Hall–Kier alpha value is -3.14. The van der Waals surface area contributed by atoms with Gasteiger partial charge < -0.3 is 18.8 Å². The van der Waals surface area contributed by atoms with Crippen LogP contribution in [0.1, 0.15) is 38.6 Å². The number of aromatic nitrogens is 4. The minimum atomic E-state index is -0.524. The summed E-state index contributed by atoms with van der Waals surface area (Å²) in [6, 6.07) is 5.53. The topological polar surface area (TPSA) is 95.0 Å². The monoisotopic (exact) mass is 455 g/mol. The molecule has 1 saturated heterocycles. The number of imidazole rings is 1. The fourth-order valence-corrected chi connectivity index (χ4v) is 4.53. The van der Waals surface area contributed by atoms with E-state index >= 15 is 0 Å². The summed E-state index contributed by atoms with van der Waals surface area (Å²) >= 11 is 1.51. The lowest BCUT2D eigenvalue weighted by atomic mass is 10.2. The highest BCUT2D eigenvalue weighted by atomic mass is 32.1. The number of oxazole rings is 1. The van der Waals surface area contributed by atoms with Gasteiger partial charge >= 0.3 is 6.09 Å². The highest BCUT2D eigenvalue weighted by molar-refractivity contribution is 7.16. The maximum Gasteiger partial charge on any atom is 0.410 e. The lowest BCUT2D eigenvalue weighted by Gasteiger charge is -2.28. The first kappa shape index (κ1) is 20.7. The summed E-state index contributed by atoms with van der Waals surface area (Å²) in [5, 5.41) is 5.33. The molecule has 0 saturated carbocycles. The molecular formula is C22H25N5O4S. The molecule has 1 fully saturated rings. The highest BCUT2D eigenvalue weighted by Gasteiger charge is 2.32. The quantitative estimate of drug-likeness (QED) is 0.441. The van der Waals surface area contributed by atoms with Crippen LogP contribution in [-0.2, 0) is 4.74 Å². The van der Waals surface area contributed by atoms with E-state index in [2.05, 4.69) is 15.1 Å². The average Bonchev–Trinajstić information content (AvgIpc) is 3.46. The van der Waals surface area contributed by atoms with Crippen molar-refractivity contribution in [1.29, 1.82) is 0 Å². The summed E-state index contributed by atoms with van der Waals surface area (Å²) in [6.07, 6.45) is 3.31. The summed E-state index contributed by atoms with van der Waals surface area (Å²) in [4.78, 5) is 24.3. The number of hydrogen-bond donors (Lipinski definition) is 0. The van der Waals surface area contributed by atoms with Crippen LogP contribution in [0.15, 0.2) is 28.8 Å². The Bertz CT molecular complexity index is 1250. The number of benzene rings is 1. The Morgan fingerprint density at radius 2 is 2.16 bits per heavy atom. The molecule has 0 radical (unpaired) electrons. The molecule has 1 atom stereocenters. The van der Waals surface area contributed by atoms with Gasteiger partial charge in [0.15, 0.2) is 11.1 Å². The first-order valence-corrected chi connectivity index (χ1v) is 11.4. The number of aryl methyl sites for hydroxylation is 1. The lowest BCUT2D eigenvalue weighted by molar-refractivity contribution is 0.0188. The predicted molar refractivity (Wildman–Crippen MR) is 120 cm³/mol. The van der Waals surface area contributed by atoms with Gasteiger partial charge in [0.05, 0.1) is 12.2 Å². The van der Waals surface area contributed by atoms with Crippen molar-refractivity contribution in [2.45, 2.75) is 52.2 Å². The van der Waals surface area contributed by atoms with Crippen molar-refractivity contribution in [3.05, 3.63) is 29.4 Å². The standard InChI is InChI=1S/C22H25N5O4S/c1-13-25-27-11-15(23-20(27)32-13)19-24-18-16(8-5-9-17(18)30-19)29-12-14-7-6-10-26(14)21(28)31-22(2,3)4/h5,8-9,11,14H,6-7,10,12H2,1-4H3/t14-/m1/s1. The van der Waals surface area contributed by atoms with Crippen LogP contribution in [0.4, 0.5) is 4.79 Å². The fourth-order valence-electron chi connectivity index (χ4n) is 3.81. The number of carbonyl (C=O) groups excluding carboxylic acids is 1. The molecule has 0 spiro atoms. The van der Waals surface area contributed by atoms with E-state index in [9.17, 15) is 4.79 Å². The van der Waals surface area contributed by atoms with Crippen LogP contribution in [0.25, 0.3) is 27.6 Å². The van der Waals surface area contributed by atoms with Crippen molar-refractivity contribution in [2.24, 2.45) is 0 Å². The fraction of sp³-hybridized carbons (Fsp3) is 0.455. The molecule has 10 heteroatoms. The summed E-state index contributed by atoms with van der Waals surface area (Å²) in [6.45, 7) is 8.59. The van der Waals surface area contributed by atoms with Crippen LogP contribution in [0.3, 0.4) is 0 Å². The molecule has 4 aromatic rings. The van der Waals surface area contributed by atoms with E-state index in [0.29, 0.717) is 41.6 Å². The number of nitrogens with zero attached hydrogens (tertiary/aromatic N) is 5. The molecule has 0 N–H and O–H groups in total. The zero-order valence-corrected chi connectivity index (χ0v) is 19.3. The molecule has 0 bridgehead atoms. The van der Waals surface area contributed by atoms with E-state index in [4.69, 9.17) is 13.9 Å². The van der Waals surface area contributed by atoms with Crippen molar-refractivity contribution >= 4 is 33.5 Å². The lowest BCUT2D eigenvalue weighted by Crippen LogP contribution is -2.42. The minimum Gasteiger partial charge on any atom is -0.489 e. The largest absolute Gasteiger partial charge is 0.489 e. The molecule has 5 rings (SSSR count). The number of fused-ring (bicyclic) bond motifs is 2. The molecule has 1 aromatic carbocycles. The number of likely N-dealkylation sites (tertiary alicyclic amines) is 1. The van der Waals surface area contributed by atoms with Gasteiger partial charge in [0.2, 0.25) is 10.9 Å². The van der Waals surface area contributed by atoms with E-state index < -0.39 is 5.60 Å². The van der Waals surface area contributed by atoms with Gasteiger partial charge in [0.1, 0.15) is 28.7 Å². The van der Waals surface area contributed by atoms with Gasteiger partial charge in [-0.3, -0.25) is 0 Å². The molecule has 1 aliphatic rings. The first-order chi connectivity index (χ1) is 15.3. The molecule has 9 nitrogen and oxygen atoms in total. The third-order valence-corrected chi connectivity index (χ3v) is 6.02. The smallest absolute Gasteiger partial charge is 0.410 e. The predicted octanol–water partition coefficient (Wildman–Crippen LogP) is 4.69. The van der Waals surface area contributed by atoms with Gasteiger partial charge in [-0.05, 0) is 52.7 Å². The van der Waals surface area contributed by atoms with Crippen molar-refractivity contribution in [2.75, 3.05) is 13.2 Å². The van der Waals surface area contributed by atoms with Gasteiger partial charge in [-0.25, -0.2) is 19.3 Å². The average molecular weight is 456 g/mol. The summed E-state index contributed by atoms with van der Waals surface area (Å²) in [7, 11) is 0. The number of carbonyl (C=O) groups is 1. The molecule has 1 aliphatic heterocycles. The number of rotatable bonds is 4. The van der Waals surface area contributed by atoms with Crippen LogP contribution in [-0.4, -0.2) is 55.4 Å². The molecular weight excluding hydrogens is 430 g/mol. The molecule has 0 unspecified atom stereocenters. The molecule has 4 heterocycles. The normalized spacial score (nSPS) is 16.9. The van der Waals surface area contributed by atoms with E-state index in [1.807, 2.05) is 45.9 Å². The number of ether oxygens (including phenoxy) is 2. The Balaban J connectivity index is 1.34. The van der Waals surface area contributed by atoms with Crippen LogP contribution in [0, 0.1) is 6.92 Å². The van der Waals surface area contributed by atoms with Crippen LogP contribution < -0.4 is 4.74 Å². The summed E-state index contributed by atoms with van der Waals surface area (Å²) < 4.78 is 19.3. The van der Waals surface area contributed by atoms with Crippen LogP contribution >= 0.6 is 11.3 Å². The Morgan fingerprint density at radius 3 is 2.94 bits per heavy atom. The Morgan fingerprint density at radius 1 is 1.31 bits per heavy atom. The molecule has 32 heavy (non-hydrogen) atoms. The SMILES string of the molecule is Cc1nn2cc(-c3nc4c(OC[C@H]5CCCN5C(=O)OC(C)(C)C)cccc4o3)nc2s1. The van der Waals surface area contributed by atoms with Crippen LogP contribution in [0.5, 0.6) is 5.75 Å². The summed E-state index contributed by atoms with van der Waals surface area (Å²) in [5.41, 5.74) is 1.35. The minimum absolute atomic E-state index is 0.0410. The van der Waals surface area contributed by atoms with Gasteiger partial charge in [0.25, 0.3) is 0 Å². The molecule has 168 valence electrons. The number of amides is 1. The van der Waals surface area contributed by atoms with E-state index in [-0.39, 0.29) is 12.1 Å². The second-order valence-electron chi connectivity index (χ2n) is 8.88. The molecule has 0 aliphatic carbocycles. The van der Waals surface area contributed by atoms with Crippen molar-refractivity contribution < 1.29 is 18.7 Å². The van der Waals surface area contributed by atoms with E-state index in [0.717, 1.165) is 22.8 Å². The van der Waals surface area contributed by atoms with Crippen molar-refractivity contribution in [3.8, 4) is 17.3 Å². The zero-order chi connectivity index (χ0) is 22.5. The van der Waals surface area contributed by atoms with Crippen molar-refractivity contribution in [3.63, 3.8) is 0 Å². The third-order valence-electron chi connectivity index (χ3n) is 5.18. The Labute approximate surface area is 189 Å². The van der Waals surface area contributed by atoms with Gasteiger partial charge in [-0.15, -0.1) is 0 Å². The Kier molecular flexibility index (Phi) is 5.04. The number of hydrogen-bond acceptors (Lipinski definition) is 8. The van der Waals surface area contributed by atoms with Gasteiger partial charge in [0, 0.05) is 6.54 Å².